The lowest BCUT2D eigenvalue weighted by molar-refractivity contribution is 0.209. The number of benzene rings is 2. The normalized spacial score (nSPS) is 18.0. The van der Waals surface area contributed by atoms with Gasteiger partial charge >= 0.3 is 0 Å². The van der Waals surface area contributed by atoms with Crippen LogP contribution in [0.25, 0.3) is 11.3 Å². The number of hydrogen-bond acceptors (Lipinski definition) is 7. The van der Waals surface area contributed by atoms with Crippen molar-refractivity contribution >= 4 is 17.4 Å². The van der Waals surface area contributed by atoms with E-state index in [1.54, 1.807) is 11.8 Å². The van der Waals surface area contributed by atoms with Crippen LogP contribution in [-0.2, 0) is 0 Å². The number of ether oxygens (including phenoxy) is 2. The fraction of sp³-hybridized carbons (Fsp3) is 0.348. The average Bonchev–Trinajstić information content (AvgIpc) is 3.22. The summed E-state index contributed by atoms with van der Waals surface area (Å²) in [4.78, 5) is 4.63. The Balaban J connectivity index is 1.45. The monoisotopic (exact) mass is 420 g/mol. The van der Waals surface area contributed by atoms with E-state index < -0.39 is 0 Å². The van der Waals surface area contributed by atoms with Crippen molar-refractivity contribution < 1.29 is 9.47 Å². The van der Waals surface area contributed by atoms with Gasteiger partial charge in [0.1, 0.15) is 5.75 Å². The first-order chi connectivity index (χ1) is 14.8. The molecular formula is C23H24N4O2S. The summed E-state index contributed by atoms with van der Waals surface area (Å²) in [5.41, 5.74) is 3.53. The van der Waals surface area contributed by atoms with E-state index in [1.165, 1.54) is 12.8 Å². The molecule has 1 atom stereocenters. The molecule has 7 heteroatoms. The first kappa shape index (κ1) is 19.2. The smallest absolute Gasteiger partial charge is 0.247 e. The van der Waals surface area contributed by atoms with E-state index in [1.807, 2.05) is 48.5 Å². The van der Waals surface area contributed by atoms with Crippen molar-refractivity contribution in [3.05, 3.63) is 54.1 Å². The van der Waals surface area contributed by atoms with Gasteiger partial charge in [0.2, 0.25) is 11.0 Å². The molecule has 2 aliphatic rings. The molecule has 1 aliphatic carbocycles. The quantitative estimate of drug-likeness (QED) is 0.549. The van der Waals surface area contributed by atoms with Crippen molar-refractivity contribution in [2.75, 3.05) is 11.1 Å². The van der Waals surface area contributed by atoms with Crippen LogP contribution in [0.1, 0.15) is 44.4 Å². The van der Waals surface area contributed by atoms with Crippen LogP contribution in [0.3, 0.4) is 0 Å². The summed E-state index contributed by atoms with van der Waals surface area (Å²) < 4.78 is 12.4. The Morgan fingerprint density at radius 3 is 2.67 bits per heavy atom. The molecule has 1 aliphatic heterocycles. The molecule has 0 radical (unpaired) electrons. The Hall–Kier alpha value is -2.80. The number of hydrogen-bond donors (Lipinski definition) is 1. The molecule has 1 saturated carbocycles. The van der Waals surface area contributed by atoms with E-state index in [0.717, 1.165) is 41.2 Å². The molecule has 1 aromatic heterocycles. The van der Waals surface area contributed by atoms with Crippen LogP contribution in [0, 0.1) is 0 Å². The third-order valence-electron chi connectivity index (χ3n) is 5.39. The van der Waals surface area contributed by atoms with Crippen molar-refractivity contribution in [2.24, 2.45) is 0 Å². The molecule has 0 bridgehead atoms. The van der Waals surface area contributed by atoms with Crippen molar-refractivity contribution in [3.8, 4) is 22.9 Å². The Morgan fingerprint density at radius 1 is 1.07 bits per heavy atom. The van der Waals surface area contributed by atoms with Crippen LogP contribution >= 0.6 is 11.8 Å². The van der Waals surface area contributed by atoms with E-state index in [0.29, 0.717) is 22.8 Å². The maximum atomic E-state index is 6.31. The summed E-state index contributed by atoms with van der Waals surface area (Å²) in [5, 5.41) is 12.8. The summed E-state index contributed by atoms with van der Waals surface area (Å²) >= 11 is 1.55. The van der Waals surface area contributed by atoms with Gasteiger partial charge in [-0.3, -0.25) is 0 Å². The zero-order valence-corrected chi connectivity index (χ0v) is 17.7. The van der Waals surface area contributed by atoms with Gasteiger partial charge in [-0.15, -0.1) is 10.2 Å². The van der Waals surface area contributed by atoms with Gasteiger partial charge in [0, 0.05) is 16.8 Å². The highest BCUT2D eigenvalue weighted by atomic mass is 32.2. The Kier molecular flexibility index (Phi) is 5.45. The van der Waals surface area contributed by atoms with Crippen molar-refractivity contribution in [2.45, 2.75) is 50.1 Å². The fourth-order valence-corrected chi connectivity index (χ4v) is 4.41. The topological polar surface area (TPSA) is 69.2 Å². The van der Waals surface area contributed by atoms with Gasteiger partial charge in [-0.2, -0.15) is 4.98 Å². The van der Waals surface area contributed by atoms with E-state index in [-0.39, 0.29) is 6.23 Å². The average molecular weight is 421 g/mol. The van der Waals surface area contributed by atoms with Crippen molar-refractivity contribution in [1.29, 1.82) is 0 Å². The Labute approximate surface area is 180 Å². The standard InChI is InChI=1S/C23H24N4O2S/c1-2-30-23-25-22-20(26-27-23)18-9-5-6-10-19(18)24-21(29-22)15-11-13-17(14-12-15)28-16-7-3-4-8-16/h5-6,9-14,16,21,24H,2-4,7-8H2,1H3. The molecule has 0 saturated heterocycles. The van der Waals surface area contributed by atoms with E-state index in [2.05, 4.69) is 27.4 Å². The van der Waals surface area contributed by atoms with Crippen LogP contribution in [0.15, 0.2) is 53.7 Å². The highest BCUT2D eigenvalue weighted by molar-refractivity contribution is 7.99. The molecule has 1 N–H and O–H groups in total. The summed E-state index contributed by atoms with van der Waals surface area (Å²) in [6.07, 6.45) is 4.77. The highest BCUT2D eigenvalue weighted by Crippen LogP contribution is 2.39. The predicted molar refractivity (Wildman–Crippen MR) is 118 cm³/mol. The SMILES string of the molecule is CCSc1nnc2c(n1)OC(c1ccc(OC3CCCC3)cc1)Nc1ccccc1-2. The van der Waals surface area contributed by atoms with Crippen molar-refractivity contribution in [1.82, 2.24) is 15.2 Å². The summed E-state index contributed by atoms with van der Waals surface area (Å²) in [6.45, 7) is 2.06. The molecule has 1 fully saturated rings. The third-order valence-corrected chi connectivity index (χ3v) is 6.11. The Bertz CT molecular complexity index is 1020. The first-order valence-electron chi connectivity index (χ1n) is 10.5. The second-order valence-corrected chi connectivity index (χ2v) is 8.69. The van der Waals surface area contributed by atoms with Crippen LogP contribution in [0.4, 0.5) is 5.69 Å². The summed E-state index contributed by atoms with van der Waals surface area (Å²) in [7, 11) is 0. The maximum Gasteiger partial charge on any atom is 0.247 e. The third kappa shape index (κ3) is 3.94. The van der Waals surface area contributed by atoms with Crippen molar-refractivity contribution in [3.63, 3.8) is 0 Å². The molecule has 0 spiro atoms. The lowest BCUT2D eigenvalue weighted by Gasteiger charge is -2.20. The van der Waals surface area contributed by atoms with Gasteiger partial charge in [-0.1, -0.05) is 36.9 Å². The second kappa shape index (κ2) is 8.52. The summed E-state index contributed by atoms with van der Waals surface area (Å²) in [6, 6.07) is 16.1. The van der Waals surface area contributed by atoms with Gasteiger partial charge in [-0.05, 0) is 61.8 Å². The molecule has 2 heterocycles. The minimum absolute atomic E-state index is 0.346. The van der Waals surface area contributed by atoms with Gasteiger partial charge in [0.15, 0.2) is 11.9 Å². The van der Waals surface area contributed by atoms with Crippen LogP contribution in [0.2, 0.25) is 0 Å². The number of para-hydroxylation sites is 1. The zero-order valence-electron chi connectivity index (χ0n) is 16.9. The molecule has 0 amide bonds. The number of thioether (sulfide) groups is 1. The maximum absolute atomic E-state index is 6.31. The summed E-state index contributed by atoms with van der Waals surface area (Å²) in [5.74, 6) is 2.28. The van der Waals surface area contributed by atoms with Gasteiger partial charge in [0.25, 0.3) is 0 Å². The molecule has 3 aromatic rings. The molecule has 1 unspecified atom stereocenters. The number of anilines is 1. The zero-order chi connectivity index (χ0) is 20.3. The largest absolute Gasteiger partial charge is 0.490 e. The van der Waals surface area contributed by atoms with Crippen LogP contribution in [0.5, 0.6) is 11.6 Å². The molecular weight excluding hydrogens is 396 g/mol. The van der Waals surface area contributed by atoms with Crippen LogP contribution < -0.4 is 14.8 Å². The minimum atomic E-state index is -0.385. The molecule has 5 rings (SSSR count). The molecule has 154 valence electrons. The molecule has 30 heavy (non-hydrogen) atoms. The second-order valence-electron chi connectivity index (χ2n) is 7.46. The number of rotatable bonds is 5. The van der Waals surface area contributed by atoms with Crippen LogP contribution in [-0.4, -0.2) is 27.0 Å². The lowest BCUT2D eigenvalue weighted by Crippen LogP contribution is -2.17. The lowest BCUT2D eigenvalue weighted by atomic mass is 10.1. The number of fused-ring (bicyclic) bond motifs is 3. The van der Waals surface area contributed by atoms with Gasteiger partial charge in [0.05, 0.1) is 6.10 Å². The van der Waals surface area contributed by atoms with E-state index in [9.17, 15) is 0 Å². The number of nitrogens with zero attached hydrogens (tertiary/aromatic N) is 3. The number of nitrogens with one attached hydrogen (secondary N) is 1. The highest BCUT2D eigenvalue weighted by Gasteiger charge is 2.26. The number of aromatic nitrogens is 3. The molecule has 2 aromatic carbocycles. The molecule has 6 nitrogen and oxygen atoms in total. The Morgan fingerprint density at radius 2 is 1.87 bits per heavy atom. The fourth-order valence-electron chi connectivity index (χ4n) is 3.91. The predicted octanol–water partition coefficient (Wildman–Crippen LogP) is 5.48. The van der Waals surface area contributed by atoms with E-state index >= 15 is 0 Å². The van der Waals surface area contributed by atoms with Gasteiger partial charge in [-0.25, -0.2) is 0 Å². The first-order valence-corrected chi connectivity index (χ1v) is 11.5. The van der Waals surface area contributed by atoms with E-state index in [4.69, 9.17) is 9.47 Å². The van der Waals surface area contributed by atoms with Gasteiger partial charge < -0.3 is 14.8 Å². The minimum Gasteiger partial charge on any atom is -0.490 e.